The molecule has 3 atom stereocenters. The number of rotatable bonds is 4. The maximum Gasteiger partial charge on any atom is 0.0819 e. The molecule has 0 radical (unpaired) electrons. The molecule has 0 aromatic carbocycles. The third-order valence-corrected chi connectivity index (χ3v) is 4.61. The predicted molar refractivity (Wildman–Crippen MR) is 82.4 cm³/mol. The number of nitrogens with zero attached hydrogens (tertiary/aromatic N) is 1. The highest BCUT2D eigenvalue weighted by Crippen LogP contribution is 2.54. The second-order valence-corrected chi connectivity index (χ2v) is 5.85. The first-order valence-electron chi connectivity index (χ1n) is 7.74. The molecule has 1 saturated carbocycles. The highest BCUT2D eigenvalue weighted by atomic mass is 16.3. The fraction of sp³-hybridized carbons (Fsp3) is 0.688. The van der Waals surface area contributed by atoms with Gasteiger partial charge in [0.1, 0.15) is 0 Å². The molecule has 0 aromatic heterocycles. The molecule has 0 aromatic rings. The third kappa shape index (κ3) is 2.62. The van der Waals surface area contributed by atoms with Crippen molar-refractivity contribution in [1.29, 1.82) is 5.41 Å². The highest BCUT2D eigenvalue weighted by molar-refractivity contribution is 6.11. The van der Waals surface area contributed by atoms with Crippen molar-refractivity contribution < 1.29 is 5.11 Å². The van der Waals surface area contributed by atoms with Gasteiger partial charge in [-0.1, -0.05) is 20.4 Å². The van der Waals surface area contributed by atoms with Crippen LogP contribution in [0.2, 0.25) is 0 Å². The van der Waals surface area contributed by atoms with Crippen LogP contribution in [-0.4, -0.2) is 35.4 Å². The monoisotopic (exact) mass is 277 g/mol. The fourth-order valence-electron chi connectivity index (χ4n) is 3.34. The van der Waals surface area contributed by atoms with Gasteiger partial charge < -0.3 is 15.7 Å². The van der Waals surface area contributed by atoms with Crippen LogP contribution in [0.15, 0.2) is 23.5 Å². The molecule has 3 aliphatic rings. The normalized spacial score (nSPS) is 30.8. The zero-order valence-corrected chi connectivity index (χ0v) is 12.7. The van der Waals surface area contributed by atoms with Crippen LogP contribution >= 0.6 is 0 Å². The van der Waals surface area contributed by atoms with E-state index in [9.17, 15) is 0 Å². The number of fused-ring (bicyclic) bond motifs is 1. The fourth-order valence-corrected chi connectivity index (χ4v) is 3.34. The van der Waals surface area contributed by atoms with E-state index in [1.54, 1.807) is 0 Å². The number of hydrogen-bond acceptors (Lipinski definition) is 4. The van der Waals surface area contributed by atoms with Crippen LogP contribution < -0.4 is 5.73 Å². The Hall–Kier alpha value is -1.29. The topological polar surface area (TPSA) is 73.3 Å². The lowest BCUT2D eigenvalue weighted by Gasteiger charge is -2.23. The Kier molecular flexibility index (Phi) is 4.53. The Labute approximate surface area is 121 Å². The van der Waals surface area contributed by atoms with Crippen molar-refractivity contribution in [2.75, 3.05) is 19.7 Å². The van der Waals surface area contributed by atoms with Crippen LogP contribution in [0.1, 0.15) is 33.1 Å². The van der Waals surface area contributed by atoms with Crippen molar-refractivity contribution in [3.8, 4) is 0 Å². The molecule has 1 saturated heterocycles. The Balaban J connectivity index is 0.000000704. The maximum atomic E-state index is 9.17. The summed E-state index contributed by atoms with van der Waals surface area (Å²) in [6, 6.07) is 0. The number of allylic oxidation sites excluding steroid dienone is 2. The van der Waals surface area contributed by atoms with Crippen molar-refractivity contribution >= 4 is 5.71 Å². The number of hydrogen-bond donors (Lipinski definition) is 3. The number of nitrogens with two attached hydrogens (primary N) is 1. The molecule has 3 rings (SSSR count). The number of aliphatic hydroxyl groups excluding tert-OH is 1. The molecule has 0 bridgehead atoms. The van der Waals surface area contributed by atoms with E-state index in [-0.39, 0.29) is 6.61 Å². The Morgan fingerprint density at radius 3 is 2.70 bits per heavy atom. The van der Waals surface area contributed by atoms with E-state index in [2.05, 4.69) is 11.5 Å². The molecule has 4 nitrogen and oxygen atoms in total. The minimum Gasteiger partial charge on any atom is -0.402 e. The third-order valence-electron chi connectivity index (χ3n) is 4.61. The minimum atomic E-state index is 0.229. The zero-order chi connectivity index (χ0) is 14.9. The average Bonchev–Trinajstić information content (AvgIpc) is 2.93. The first-order chi connectivity index (χ1) is 9.61. The van der Waals surface area contributed by atoms with Gasteiger partial charge in [-0.25, -0.2) is 0 Å². The summed E-state index contributed by atoms with van der Waals surface area (Å²) in [7, 11) is 0. The lowest BCUT2D eigenvalue weighted by molar-refractivity contribution is 0.230. The lowest BCUT2D eigenvalue weighted by atomic mass is 10.0. The number of likely N-dealkylation sites (tertiary alicyclic amines) is 1. The molecule has 1 heterocycles. The quantitative estimate of drug-likeness (QED) is 0.689. The largest absolute Gasteiger partial charge is 0.402 e. The molecule has 20 heavy (non-hydrogen) atoms. The summed E-state index contributed by atoms with van der Waals surface area (Å²) in [6.45, 7) is 10.0. The molecule has 0 spiro atoms. The molecule has 2 aliphatic carbocycles. The smallest absolute Gasteiger partial charge is 0.0819 e. The molecular formula is C16H27N3O. The molecular weight excluding hydrogens is 250 g/mol. The predicted octanol–water partition coefficient (Wildman–Crippen LogP) is 2.11. The van der Waals surface area contributed by atoms with Crippen molar-refractivity contribution in [3.63, 3.8) is 0 Å². The number of nitrogens with one attached hydrogen (secondary N) is 1. The zero-order valence-electron chi connectivity index (χ0n) is 12.7. The molecule has 4 heteroatoms. The second-order valence-electron chi connectivity index (χ2n) is 5.85. The lowest BCUT2D eigenvalue weighted by Crippen LogP contribution is -2.27. The SMILES string of the molecule is C=C(C(=N)C1=C(N)C[C@H]2C[C@@H]12)N1CC[C@@H](CO)C1.CC. The standard InChI is InChI=1S/C14H21N3O.C2H6/c1-8(17-3-2-9(6-17)7-18)14(16)13-11-4-10(11)5-12(13)15;1-2/h9-11,16,18H,1-7,15H2;1-2H3/t9-,10-,11-;/m1./s1. The molecule has 1 aliphatic heterocycles. The van der Waals surface area contributed by atoms with Crippen molar-refractivity contribution in [2.45, 2.75) is 33.1 Å². The van der Waals surface area contributed by atoms with E-state index in [4.69, 9.17) is 16.2 Å². The van der Waals surface area contributed by atoms with Crippen molar-refractivity contribution in [2.24, 2.45) is 23.5 Å². The summed E-state index contributed by atoms with van der Waals surface area (Å²) in [5.41, 5.74) is 9.31. The summed E-state index contributed by atoms with van der Waals surface area (Å²) in [5.74, 6) is 1.57. The average molecular weight is 277 g/mol. The van der Waals surface area contributed by atoms with Crippen molar-refractivity contribution in [1.82, 2.24) is 4.90 Å². The van der Waals surface area contributed by atoms with Crippen LogP contribution in [-0.2, 0) is 0 Å². The van der Waals surface area contributed by atoms with E-state index < -0.39 is 0 Å². The van der Waals surface area contributed by atoms with Gasteiger partial charge in [-0.3, -0.25) is 5.41 Å². The van der Waals surface area contributed by atoms with Gasteiger partial charge in [0, 0.05) is 36.9 Å². The van der Waals surface area contributed by atoms with Gasteiger partial charge in [0.2, 0.25) is 0 Å². The highest BCUT2D eigenvalue weighted by Gasteiger charge is 2.48. The van der Waals surface area contributed by atoms with Gasteiger partial charge in [-0.15, -0.1) is 0 Å². The molecule has 112 valence electrons. The Morgan fingerprint density at radius 2 is 2.20 bits per heavy atom. The Bertz CT molecular complexity index is 441. The summed E-state index contributed by atoms with van der Waals surface area (Å²) in [6.07, 6.45) is 3.16. The summed E-state index contributed by atoms with van der Waals surface area (Å²) in [4.78, 5) is 2.12. The first-order valence-corrected chi connectivity index (χ1v) is 7.74. The van der Waals surface area contributed by atoms with Crippen LogP contribution in [0.3, 0.4) is 0 Å². The van der Waals surface area contributed by atoms with Gasteiger partial charge in [-0.2, -0.15) is 0 Å². The van der Waals surface area contributed by atoms with Gasteiger partial charge in [-0.05, 0) is 31.1 Å². The first kappa shape index (κ1) is 15.1. The van der Waals surface area contributed by atoms with Crippen LogP contribution in [0.4, 0.5) is 0 Å². The van der Waals surface area contributed by atoms with E-state index in [0.717, 1.165) is 42.9 Å². The molecule has 0 unspecified atom stereocenters. The van der Waals surface area contributed by atoms with E-state index in [1.807, 2.05) is 13.8 Å². The molecule has 4 N–H and O–H groups in total. The summed E-state index contributed by atoms with van der Waals surface area (Å²) in [5, 5.41) is 17.5. The van der Waals surface area contributed by atoms with E-state index in [1.165, 1.54) is 6.42 Å². The van der Waals surface area contributed by atoms with E-state index >= 15 is 0 Å². The van der Waals surface area contributed by atoms with Gasteiger partial charge in [0.05, 0.1) is 11.4 Å². The molecule has 0 amide bonds. The maximum absolute atomic E-state index is 9.17. The second kappa shape index (κ2) is 6.00. The number of aliphatic hydroxyl groups is 1. The van der Waals surface area contributed by atoms with Crippen LogP contribution in [0.25, 0.3) is 0 Å². The van der Waals surface area contributed by atoms with Crippen LogP contribution in [0, 0.1) is 23.2 Å². The minimum absolute atomic E-state index is 0.229. The van der Waals surface area contributed by atoms with Crippen molar-refractivity contribution in [3.05, 3.63) is 23.5 Å². The summed E-state index contributed by atoms with van der Waals surface area (Å²) >= 11 is 0. The summed E-state index contributed by atoms with van der Waals surface area (Å²) < 4.78 is 0. The van der Waals surface area contributed by atoms with Gasteiger partial charge in [0.25, 0.3) is 0 Å². The van der Waals surface area contributed by atoms with Crippen LogP contribution in [0.5, 0.6) is 0 Å². The molecule has 2 fully saturated rings. The van der Waals surface area contributed by atoms with E-state index in [0.29, 0.717) is 23.5 Å². The Morgan fingerprint density at radius 1 is 1.50 bits per heavy atom. The van der Waals surface area contributed by atoms with Gasteiger partial charge in [0.15, 0.2) is 0 Å². The van der Waals surface area contributed by atoms with Gasteiger partial charge >= 0.3 is 0 Å².